The van der Waals surface area contributed by atoms with E-state index in [2.05, 4.69) is 13.2 Å². The summed E-state index contributed by atoms with van der Waals surface area (Å²) in [5, 5.41) is 15.2. The van der Waals surface area contributed by atoms with Crippen LogP contribution in [0.25, 0.3) is 0 Å². The quantitative estimate of drug-likeness (QED) is 0.629. The molecule has 0 saturated heterocycles. The molecule has 0 unspecified atom stereocenters. The van der Waals surface area contributed by atoms with Crippen molar-refractivity contribution in [3.8, 4) is 0 Å². The van der Waals surface area contributed by atoms with E-state index in [1.165, 1.54) is 0 Å². The Morgan fingerprint density at radius 1 is 0.917 bits per heavy atom. The average molecular weight is 176 g/mol. The summed E-state index contributed by atoms with van der Waals surface area (Å²) in [5.74, 6) is -1.96. The third kappa shape index (κ3) is 79.2. The first-order valence-corrected chi connectivity index (χ1v) is 2.25. The summed E-state index contributed by atoms with van der Waals surface area (Å²) in [5.41, 5.74) is 0. The van der Waals surface area contributed by atoms with Gasteiger partial charge in [0.1, 0.15) is 0 Å². The van der Waals surface area contributed by atoms with Crippen molar-refractivity contribution in [2.75, 3.05) is 0 Å². The van der Waals surface area contributed by atoms with E-state index in [1.54, 1.807) is 0 Å². The molecule has 0 aromatic carbocycles. The molecule has 12 heavy (non-hydrogen) atoms. The van der Waals surface area contributed by atoms with Gasteiger partial charge in [-0.2, -0.15) is 0 Å². The topological polar surface area (TPSA) is 74.6 Å². The zero-order valence-corrected chi connectivity index (χ0v) is 5.28. The highest BCUT2D eigenvalue weighted by atomic mass is 16.4. The molecule has 0 aromatic heterocycles. The van der Waals surface area contributed by atoms with Crippen LogP contribution in [0.1, 0.15) is 14.9 Å². The molecule has 0 aliphatic carbocycles. The fourth-order valence-corrected chi connectivity index (χ4v) is 0. The molecule has 0 aliphatic heterocycles. The Bertz CT molecular complexity index is 131. The van der Waals surface area contributed by atoms with Crippen LogP contribution >= 0.6 is 0 Å². The lowest BCUT2D eigenvalue weighted by molar-refractivity contribution is -0.132. The molecule has 0 aliphatic rings. The monoisotopic (exact) mass is 176 g/mol. The second kappa shape index (κ2) is 16.2. The summed E-state index contributed by atoms with van der Waals surface area (Å²) in [6.07, 6.45) is 1.67. The largest absolute Gasteiger partial charge is 0.478 e. The Labute approximate surface area is 72.8 Å². The van der Waals surface area contributed by atoms with Crippen molar-refractivity contribution in [3.05, 3.63) is 25.3 Å². The SMILES string of the molecule is C.C.C=CC(=O)O.C=CC(=O)O. The molecule has 0 fully saturated rings. The van der Waals surface area contributed by atoms with Crippen molar-refractivity contribution in [1.82, 2.24) is 0 Å². The Morgan fingerprint density at radius 2 is 1.00 bits per heavy atom. The minimum absolute atomic E-state index is 0. The van der Waals surface area contributed by atoms with Gasteiger partial charge in [-0.3, -0.25) is 0 Å². The summed E-state index contributed by atoms with van der Waals surface area (Å²) in [4.78, 5) is 18.5. The predicted octanol–water partition coefficient (Wildman–Crippen LogP) is 1.79. The van der Waals surface area contributed by atoms with E-state index >= 15 is 0 Å². The maximum atomic E-state index is 9.25. The average Bonchev–Trinajstić information content (AvgIpc) is 1.89. The Kier molecular flexibility index (Phi) is 30.3. The highest BCUT2D eigenvalue weighted by molar-refractivity contribution is 5.79. The Hall–Kier alpha value is -1.58. The lowest BCUT2D eigenvalue weighted by atomic mass is 10.7. The molecule has 0 rings (SSSR count). The lowest BCUT2D eigenvalue weighted by Crippen LogP contribution is -1.82. The Morgan fingerprint density at radius 3 is 1.00 bits per heavy atom. The van der Waals surface area contributed by atoms with E-state index < -0.39 is 11.9 Å². The second-order valence-electron chi connectivity index (χ2n) is 1.08. The summed E-state index contributed by atoms with van der Waals surface area (Å²) in [6, 6.07) is 0. The molecule has 4 nitrogen and oxygen atoms in total. The molecular formula is C8H16O4. The zero-order valence-electron chi connectivity index (χ0n) is 5.28. The van der Waals surface area contributed by atoms with Gasteiger partial charge in [-0.1, -0.05) is 28.0 Å². The third-order valence-electron chi connectivity index (χ3n) is 0.349. The smallest absolute Gasteiger partial charge is 0.327 e. The summed E-state index contributed by atoms with van der Waals surface area (Å²) >= 11 is 0. The van der Waals surface area contributed by atoms with Gasteiger partial charge in [-0.05, 0) is 0 Å². The maximum Gasteiger partial charge on any atom is 0.327 e. The molecule has 0 bridgehead atoms. The van der Waals surface area contributed by atoms with Crippen molar-refractivity contribution in [1.29, 1.82) is 0 Å². The van der Waals surface area contributed by atoms with E-state index in [-0.39, 0.29) is 14.9 Å². The molecule has 4 heteroatoms. The van der Waals surface area contributed by atoms with E-state index in [4.69, 9.17) is 10.2 Å². The first kappa shape index (κ1) is 22.4. The number of rotatable bonds is 2. The van der Waals surface area contributed by atoms with Gasteiger partial charge in [0.15, 0.2) is 0 Å². The molecule has 0 aromatic rings. The number of carbonyl (C=O) groups is 2. The van der Waals surface area contributed by atoms with Gasteiger partial charge < -0.3 is 10.2 Å². The van der Waals surface area contributed by atoms with Gasteiger partial charge in [0, 0.05) is 12.2 Å². The fourth-order valence-electron chi connectivity index (χ4n) is 0. The molecule has 0 spiro atoms. The van der Waals surface area contributed by atoms with Crippen LogP contribution in [-0.4, -0.2) is 22.2 Å². The van der Waals surface area contributed by atoms with Gasteiger partial charge in [0.25, 0.3) is 0 Å². The number of hydrogen-bond acceptors (Lipinski definition) is 2. The van der Waals surface area contributed by atoms with Crippen LogP contribution in [0.3, 0.4) is 0 Å². The normalized spacial score (nSPS) is 5.33. The van der Waals surface area contributed by atoms with Gasteiger partial charge in [0.05, 0.1) is 0 Å². The van der Waals surface area contributed by atoms with Gasteiger partial charge >= 0.3 is 11.9 Å². The lowest BCUT2D eigenvalue weighted by Gasteiger charge is -1.64. The maximum absolute atomic E-state index is 9.25. The first-order chi connectivity index (χ1) is 4.54. The molecule has 0 heterocycles. The highest BCUT2D eigenvalue weighted by Gasteiger charge is 1.73. The van der Waals surface area contributed by atoms with Crippen LogP contribution in [0, 0.1) is 0 Å². The Balaban J connectivity index is -0.0000000457. The van der Waals surface area contributed by atoms with Gasteiger partial charge in [0.2, 0.25) is 0 Å². The summed E-state index contributed by atoms with van der Waals surface area (Å²) < 4.78 is 0. The van der Waals surface area contributed by atoms with Crippen molar-refractivity contribution >= 4 is 11.9 Å². The molecule has 0 radical (unpaired) electrons. The number of aliphatic carboxylic acids is 2. The number of hydrogen-bond donors (Lipinski definition) is 2. The standard InChI is InChI=1S/2C3H4O2.2CH4/c2*1-2-3(4)5;;/h2*2H,1H2,(H,4,5);2*1H4. The first-order valence-electron chi connectivity index (χ1n) is 2.25. The molecule has 0 atom stereocenters. The van der Waals surface area contributed by atoms with Gasteiger partial charge in [-0.15, -0.1) is 0 Å². The van der Waals surface area contributed by atoms with Crippen molar-refractivity contribution < 1.29 is 19.8 Å². The van der Waals surface area contributed by atoms with Crippen LogP contribution in [0.15, 0.2) is 25.3 Å². The van der Waals surface area contributed by atoms with Crippen molar-refractivity contribution in [2.45, 2.75) is 14.9 Å². The fraction of sp³-hybridized carbons (Fsp3) is 0.250. The van der Waals surface area contributed by atoms with E-state index in [0.717, 1.165) is 12.2 Å². The van der Waals surface area contributed by atoms with Crippen LogP contribution in [0.5, 0.6) is 0 Å². The summed E-state index contributed by atoms with van der Waals surface area (Å²) in [6.45, 7) is 5.92. The number of carboxylic acids is 2. The molecule has 0 amide bonds. The number of carboxylic acid groups (broad SMARTS) is 2. The van der Waals surface area contributed by atoms with E-state index in [1.807, 2.05) is 0 Å². The highest BCUT2D eigenvalue weighted by Crippen LogP contribution is 1.55. The zero-order chi connectivity index (χ0) is 8.57. The van der Waals surface area contributed by atoms with Crippen molar-refractivity contribution in [2.24, 2.45) is 0 Å². The van der Waals surface area contributed by atoms with E-state index in [9.17, 15) is 9.59 Å². The van der Waals surface area contributed by atoms with Crippen molar-refractivity contribution in [3.63, 3.8) is 0 Å². The summed E-state index contributed by atoms with van der Waals surface area (Å²) in [7, 11) is 0. The third-order valence-corrected chi connectivity index (χ3v) is 0.349. The van der Waals surface area contributed by atoms with Crippen LogP contribution in [0.2, 0.25) is 0 Å². The molecule has 72 valence electrons. The minimum atomic E-state index is -0.981. The van der Waals surface area contributed by atoms with Gasteiger partial charge in [-0.25, -0.2) is 9.59 Å². The minimum Gasteiger partial charge on any atom is -0.478 e. The van der Waals surface area contributed by atoms with Crippen LogP contribution in [-0.2, 0) is 9.59 Å². The van der Waals surface area contributed by atoms with Crippen LogP contribution in [0.4, 0.5) is 0 Å². The molecule has 0 saturated carbocycles. The second-order valence-corrected chi connectivity index (χ2v) is 1.08. The molecular weight excluding hydrogens is 160 g/mol. The molecule has 2 N–H and O–H groups in total. The van der Waals surface area contributed by atoms with Crippen LogP contribution < -0.4 is 0 Å². The predicted molar refractivity (Wildman–Crippen MR) is 49.1 cm³/mol. The van der Waals surface area contributed by atoms with E-state index in [0.29, 0.717) is 0 Å².